The van der Waals surface area contributed by atoms with E-state index in [1.165, 1.54) is 25.2 Å². The molecule has 0 bridgehead atoms. The molecule has 1 atom stereocenters. The Hall–Kier alpha value is -6.49. The first-order chi connectivity index (χ1) is 32.2. The average molecular weight is 898 g/mol. The number of ether oxygens (including phenoxy) is 3. The fourth-order valence-corrected chi connectivity index (χ4v) is 8.95. The standard InChI is InChI=1S/C50H59N9O7/c1-34-18-23-41(48(61)54-34)58-49(62)39-16-13-17-40(43(39)50(58)63)55-42(60)32-65-31-12-5-4-11-30-64-29-10-3-2-9-26-57-27-24-36(25-28-57)59-47-44(46(51)52-33-53-47)45(56-59)35-19-21-38(22-20-35)66-37-14-7-6-8-15-37/h6-8,13-17,19-22,33,36,41H,1-5,9-12,18,23-32H2,(H,54,61)(H,55,60)(H2,51,52,53). The van der Waals surface area contributed by atoms with Gasteiger partial charge >= 0.3 is 0 Å². The molecule has 0 aliphatic carbocycles. The molecule has 8 rings (SSSR count). The number of nitrogens with one attached hydrogen (secondary N) is 2. The van der Waals surface area contributed by atoms with Crippen LogP contribution in [0.15, 0.2) is 91.4 Å². The van der Waals surface area contributed by atoms with Gasteiger partial charge in [-0.2, -0.15) is 5.10 Å². The molecule has 346 valence electrons. The van der Waals surface area contributed by atoms with Gasteiger partial charge in [0.15, 0.2) is 5.65 Å². The van der Waals surface area contributed by atoms with E-state index in [-0.39, 0.29) is 29.5 Å². The van der Waals surface area contributed by atoms with Crippen molar-refractivity contribution >= 4 is 46.2 Å². The molecule has 4 N–H and O–H groups in total. The van der Waals surface area contributed by atoms with E-state index in [9.17, 15) is 19.2 Å². The number of para-hydroxylation sites is 1. The molecule has 66 heavy (non-hydrogen) atoms. The Morgan fingerprint density at radius 1 is 0.788 bits per heavy atom. The van der Waals surface area contributed by atoms with Gasteiger partial charge in [0.25, 0.3) is 11.8 Å². The molecule has 4 amide bonds. The van der Waals surface area contributed by atoms with E-state index in [1.807, 2.05) is 54.6 Å². The third-order valence-electron chi connectivity index (χ3n) is 12.5. The van der Waals surface area contributed by atoms with E-state index >= 15 is 0 Å². The largest absolute Gasteiger partial charge is 0.457 e. The molecular formula is C50H59N9O7. The molecule has 2 fully saturated rings. The average Bonchev–Trinajstić information content (AvgIpc) is 3.84. The van der Waals surface area contributed by atoms with Crippen LogP contribution < -0.4 is 21.1 Å². The summed E-state index contributed by atoms with van der Waals surface area (Å²) in [4.78, 5) is 64.1. The first-order valence-corrected chi connectivity index (χ1v) is 23.2. The smallest absolute Gasteiger partial charge is 0.264 e. The maximum atomic E-state index is 13.3. The summed E-state index contributed by atoms with van der Waals surface area (Å²) in [5.74, 6) is -0.0507. The van der Waals surface area contributed by atoms with E-state index in [1.54, 1.807) is 12.1 Å². The van der Waals surface area contributed by atoms with Crippen molar-refractivity contribution in [2.24, 2.45) is 0 Å². The van der Waals surface area contributed by atoms with Crippen LogP contribution in [0.3, 0.4) is 0 Å². The molecule has 0 spiro atoms. The Kier molecular flexibility index (Phi) is 15.4. The van der Waals surface area contributed by atoms with Crippen LogP contribution in [-0.2, 0) is 19.1 Å². The lowest BCUT2D eigenvalue weighted by molar-refractivity contribution is -0.125. The molecule has 2 aromatic heterocycles. The van der Waals surface area contributed by atoms with Crippen LogP contribution >= 0.6 is 0 Å². The summed E-state index contributed by atoms with van der Waals surface area (Å²) < 4.78 is 19.5. The summed E-state index contributed by atoms with van der Waals surface area (Å²) in [5, 5.41) is 11.2. The van der Waals surface area contributed by atoms with Crippen LogP contribution in [0.1, 0.15) is 104 Å². The molecule has 1 unspecified atom stereocenters. The zero-order valence-corrected chi connectivity index (χ0v) is 37.4. The zero-order valence-electron chi connectivity index (χ0n) is 37.4. The lowest BCUT2D eigenvalue weighted by Crippen LogP contribution is -2.51. The van der Waals surface area contributed by atoms with E-state index in [4.69, 9.17) is 25.0 Å². The molecule has 5 heterocycles. The number of imide groups is 1. The van der Waals surface area contributed by atoms with Gasteiger partial charge in [-0.1, -0.05) is 56.5 Å². The third-order valence-corrected chi connectivity index (χ3v) is 12.5. The quantitative estimate of drug-likeness (QED) is 0.0453. The number of carbonyl (C=O) groups is 4. The van der Waals surface area contributed by atoms with E-state index in [0.717, 1.165) is 123 Å². The fraction of sp³-hybridized carbons (Fsp3) is 0.420. The second kappa shape index (κ2) is 22.1. The molecule has 3 aliphatic rings. The number of hydrogen-bond donors (Lipinski definition) is 3. The summed E-state index contributed by atoms with van der Waals surface area (Å²) in [6.07, 6.45) is 12.6. The predicted octanol–water partition coefficient (Wildman–Crippen LogP) is 7.69. The van der Waals surface area contributed by atoms with Crippen LogP contribution in [0.2, 0.25) is 0 Å². The Balaban J connectivity index is 0.650. The number of fused-ring (bicyclic) bond motifs is 2. The Labute approximate surface area is 384 Å². The minimum Gasteiger partial charge on any atom is -0.457 e. The van der Waals surface area contributed by atoms with E-state index in [2.05, 4.69) is 36.8 Å². The number of carbonyl (C=O) groups excluding carboxylic acids is 4. The Bertz CT molecular complexity index is 2500. The summed E-state index contributed by atoms with van der Waals surface area (Å²) in [7, 11) is 0. The number of unbranched alkanes of at least 4 members (excludes halogenated alkanes) is 6. The molecule has 0 radical (unpaired) electrons. The van der Waals surface area contributed by atoms with Crippen LogP contribution in [0.5, 0.6) is 11.5 Å². The van der Waals surface area contributed by atoms with Crippen molar-refractivity contribution in [2.75, 3.05) is 57.1 Å². The fourth-order valence-electron chi connectivity index (χ4n) is 8.95. The number of likely N-dealkylation sites (tertiary alicyclic amines) is 1. The topological polar surface area (TPSA) is 196 Å². The lowest BCUT2D eigenvalue weighted by Gasteiger charge is -2.32. The van der Waals surface area contributed by atoms with Crippen LogP contribution in [0.25, 0.3) is 22.3 Å². The van der Waals surface area contributed by atoms with Crippen LogP contribution in [0.4, 0.5) is 11.5 Å². The molecule has 3 aromatic carbocycles. The van der Waals surface area contributed by atoms with Crippen LogP contribution in [-0.4, -0.2) is 105 Å². The molecule has 5 aromatic rings. The molecule has 3 aliphatic heterocycles. The number of nitrogen functional groups attached to an aromatic ring is 1. The zero-order chi connectivity index (χ0) is 45.8. The number of nitrogens with zero attached hydrogens (tertiary/aromatic N) is 6. The Morgan fingerprint density at radius 2 is 1.48 bits per heavy atom. The highest BCUT2D eigenvalue weighted by atomic mass is 16.5. The van der Waals surface area contributed by atoms with E-state index in [0.29, 0.717) is 31.0 Å². The number of rotatable bonds is 22. The Morgan fingerprint density at radius 3 is 2.21 bits per heavy atom. The van der Waals surface area contributed by atoms with Crippen molar-refractivity contribution in [3.63, 3.8) is 0 Å². The van der Waals surface area contributed by atoms with E-state index < -0.39 is 29.7 Å². The molecule has 16 heteroatoms. The third kappa shape index (κ3) is 11.1. The summed E-state index contributed by atoms with van der Waals surface area (Å²) in [5.41, 5.74) is 9.94. The highest BCUT2D eigenvalue weighted by molar-refractivity contribution is 6.25. The van der Waals surface area contributed by atoms with Crippen LogP contribution in [0, 0.1) is 0 Å². The number of hydrogen-bond acceptors (Lipinski definition) is 12. The van der Waals surface area contributed by atoms with Crippen molar-refractivity contribution in [2.45, 2.75) is 89.1 Å². The molecular weight excluding hydrogens is 839 g/mol. The van der Waals surface area contributed by atoms with Crippen molar-refractivity contribution in [3.05, 3.63) is 103 Å². The van der Waals surface area contributed by atoms with Gasteiger partial charge in [-0.05, 0) is 106 Å². The number of nitrogens with two attached hydrogens (primary N) is 1. The maximum Gasteiger partial charge on any atom is 0.264 e. The number of amides is 4. The van der Waals surface area contributed by atoms with Crippen molar-refractivity contribution in [1.82, 2.24) is 34.9 Å². The van der Waals surface area contributed by atoms with Gasteiger partial charge in [-0.3, -0.25) is 24.1 Å². The van der Waals surface area contributed by atoms with Gasteiger partial charge in [-0.25, -0.2) is 14.6 Å². The van der Waals surface area contributed by atoms with Crippen molar-refractivity contribution in [1.29, 1.82) is 0 Å². The number of benzene rings is 3. The summed E-state index contributed by atoms with van der Waals surface area (Å²) in [6.45, 7) is 8.65. The predicted molar refractivity (Wildman–Crippen MR) is 251 cm³/mol. The second-order valence-corrected chi connectivity index (χ2v) is 17.2. The van der Waals surface area contributed by atoms with Gasteiger partial charge in [0.1, 0.15) is 42.0 Å². The summed E-state index contributed by atoms with van der Waals surface area (Å²) >= 11 is 0. The van der Waals surface area contributed by atoms with Crippen molar-refractivity contribution in [3.8, 4) is 22.8 Å². The van der Waals surface area contributed by atoms with Gasteiger partial charge in [0.05, 0.1) is 28.2 Å². The van der Waals surface area contributed by atoms with Gasteiger partial charge < -0.3 is 35.5 Å². The number of anilines is 2. The normalized spacial score (nSPS) is 16.8. The highest BCUT2D eigenvalue weighted by Crippen LogP contribution is 2.36. The minimum absolute atomic E-state index is 0.0902. The van der Waals surface area contributed by atoms with Gasteiger partial charge in [0, 0.05) is 44.2 Å². The first-order valence-electron chi connectivity index (χ1n) is 23.2. The minimum atomic E-state index is -0.922. The maximum absolute atomic E-state index is 13.3. The number of allylic oxidation sites excluding steroid dienone is 1. The van der Waals surface area contributed by atoms with Gasteiger partial charge in [0.2, 0.25) is 11.8 Å². The molecule has 0 saturated carbocycles. The monoisotopic (exact) mass is 897 g/mol. The molecule has 2 saturated heterocycles. The first kappa shape index (κ1) is 46.1. The number of piperidine rings is 2. The second-order valence-electron chi connectivity index (χ2n) is 17.2. The van der Waals surface area contributed by atoms with Crippen molar-refractivity contribution < 1.29 is 33.4 Å². The number of aromatic nitrogens is 4. The summed E-state index contributed by atoms with van der Waals surface area (Å²) in [6, 6.07) is 21.6. The SMILES string of the molecule is C=C1CCC(N2C(=O)c3cccc(NC(=O)COCCCCCCOCCCCCCN4CCC(n5nc(-c6ccc(Oc7ccccc7)cc6)c6c(N)ncnc65)CC4)c3C2=O)C(=O)N1. The highest BCUT2D eigenvalue weighted by Gasteiger charge is 2.45. The lowest BCUT2D eigenvalue weighted by atomic mass is 10.0. The molecule has 16 nitrogen and oxygen atoms in total. The van der Waals surface area contributed by atoms with Gasteiger partial charge in [-0.15, -0.1) is 0 Å².